The molecule has 1 aromatic rings. The van der Waals surface area contributed by atoms with Crippen LogP contribution < -0.4 is 10.2 Å². The number of rotatable bonds is 4. The number of amides is 1. The number of nitrogens with zero attached hydrogens (tertiary/aromatic N) is 1. The maximum Gasteiger partial charge on any atom is 0.427 e. The van der Waals surface area contributed by atoms with E-state index in [1.165, 1.54) is 13.2 Å². The highest BCUT2D eigenvalue weighted by Crippen LogP contribution is 2.26. The van der Waals surface area contributed by atoms with Crippen LogP contribution in [-0.4, -0.2) is 30.6 Å². The number of carbonyl (C=O) groups excluding carboxylic acids is 1. The van der Waals surface area contributed by atoms with Gasteiger partial charge in [0.2, 0.25) is 0 Å². The minimum absolute atomic E-state index is 0.0485. The van der Waals surface area contributed by atoms with Crippen molar-refractivity contribution in [3.05, 3.63) is 23.8 Å². The Morgan fingerprint density at radius 1 is 1.50 bits per heavy atom. The number of hydrogen-bond donors (Lipinski definition) is 2. The fourth-order valence-corrected chi connectivity index (χ4v) is 1.26. The number of phenols is 1. The van der Waals surface area contributed by atoms with Gasteiger partial charge in [0, 0.05) is 5.56 Å². The predicted molar refractivity (Wildman–Crippen MR) is 67.0 cm³/mol. The van der Waals surface area contributed by atoms with Crippen LogP contribution in [0, 0.1) is 0 Å². The van der Waals surface area contributed by atoms with Crippen LogP contribution in [-0.2, 0) is 4.74 Å². The van der Waals surface area contributed by atoms with Crippen LogP contribution in [0.15, 0.2) is 23.3 Å². The molecule has 0 aromatic heterocycles. The third-order valence-corrected chi connectivity index (χ3v) is 2.19. The van der Waals surface area contributed by atoms with E-state index in [0.29, 0.717) is 11.5 Å². The summed E-state index contributed by atoms with van der Waals surface area (Å²) in [5.74, 6) is 0.394. The number of hydrogen-bond acceptors (Lipinski definition) is 5. The number of ether oxygens (including phenoxy) is 2. The fraction of sp³-hybridized carbons (Fsp3) is 0.333. The lowest BCUT2D eigenvalue weighted by atomic mass is 10.1. The number of hydrazone groups is 1. The van der Waals surface area contributed by atoms with Crippen molar-refractivity contribution in [2.75, 3.05) is 13.7 Å². The van der Waals surface area contributed by atoms with Crippen molar-refractivity contribution in [2.45, 2.75) is 13.8 Å². The van der Waals surface area contributed by atoms with Gasteiger partial charge in [0.05, 0.1) is 19.4 Å². The van der Waals surface area contributed by atoms with Gasteiger partial charge in [0.1, 0.15) is 0 Å². The van der Waals surface area contributed by atoms with E-state index in [2.05, 4.69) is 15.3 Å². The fourth-order valence-electron chi connectivity index (χ4n) is 1.26. The van der Waals surface area contributed by atoms with E-state index in [9.17, 15) is 9.90 Å². The van der Waals surface area contributed by atoms with E-state index in [0.717, 1.165) is 5.56 Å². The van der Waals surface area contributed by atoms with Crippen LogP contribution in [0.25, 0.3) is 0 Å². The standard InChI is InChI=1S/C12H16N2O4/c1-4-18-12(16)14-13-8(2)9-5-6-10(15)11(7-9)17-3/h5-7,15H,4H2,1-3H3,(H,14,16)/b13-8+. The Hall–Kier alpha value is -2.24. The summed E-state index contributed by atoms with van der Waals surface area (Å²) in [4.78, 5) is 11.1. The lowest BCUT2D eigenvalue weighted by Gasteiger charge is -2.06. The zero-order chi connectivity index (χ0) is 13.5. The van der Waals surface area contributed by atoms with Gasteiger partial charge in [-0.3, -0.25) is 0 Å². The lowest BCUT2D eigenvalue weighted by Crippen LogP contribution is -2.20. The summed E-state index contributed by atoms with van der Waals surface area (Å²) in [7, 11) is 1.46. The molecule has 0 saturated heterocycles. The Labute approximate surface area is 105 Å². The zero-order valence-electron chi connectivity index (χ0n) is 10.6. The van der Waals surface area contributed by atoms with Crippen LogP contribution in [0.5, 0.6) is 11.5 Å². The van der Waals surface area contributed by atoms with Crippen LogP contribution in [0.3, 0.4) is 0 Å². The first-order chi connectivity index (χ1) is 8.58. The number of nitrogens with one attached hydrogen (secondary N) is 1. The van der Waals surface area contributed by atoms with Gasteiger partial charge in [-0.15, -0.1) is 0 Å². The monoisotopic (exact) mass is 252 g/mol. The molecule has 2 N–H and O–H groups in total. The topological polar surface area (TPSA) is 80.2 Å². The predicted octanol–water partition coefficient (Wildman–Crippen LogP) is 1.87. The van der Waals surface area contributed by atoms with Crippen molar-refractivity contribution in [1.29, 1.82) is 0 Å². The summed E-state index contributed by atoms with van der Waals surface area (Å²) in [6.45, 7) is 3.71. The first-order valence-corrected chi connectivity index (χ1v) is 5.43. The van der Waals surface area contributed by atoms with Gasteiger partial charge in [0.15, 0.2) is 11.5 Å². The summed E-state index contributed by atoms with van der Waals surface area (Å²) in [6.07, 6.45) is -0.609. The van der Waals surface area contributed by atoms with Gasteiger partial charge in [-0.05, 0) is 32.0 Å². The second kappa shape index (κ2) is 6.48. The molecule has 0 aliphatic heterocycles. The number of phenolic OH excluding ortho intramolecular Hbond substituents is 1. The van der Waals surface area contributed by atoms with E-state index in [1.54, 1.807) is 26.0 Å². The molecule has 6 nitrogen and oxygen atoms in total. The molecule has 0 unspecified atom stereocenters. The first-order valence-electron chi connectivity index (χ1n) is 5.43. The number of aromatic hydroxyl groups is 1. The molecule has 0 saturated carbocycles. The SMILES string of the molecule is CCOC(=O)N/N=C(\C)c1ccc(O)c(OC)c1. The van der Waals surface area contributed by atoms with Crippen molar-refractivity contribution < 1.29 is 19.4 Å². The highest BCUT2D eigenvalue weighted by molar-refractivity contribution is 5.99. The van der Waals surface area contributed by atoms with E-state index < -0.39 is 6.09 Å². The van der Waals surface area contributed by atoms with Crippen LogP contribution in [0.1, 0.15) is 19.4 Å². The first kappa shape index (κ1) is 13.8. The summed E-state index contributed by atoms with van der Waals surface area (Å²) >= 11 is 0. The van der Waals surface area contributed by atoms with Crippen LogP contribution >= 0.6 is 0 Å². The van der Waals surface area contributed by atoms with Crippen molar-refractivity contribution in [1.82, 2.24) is 5.43 Å². The number of benzene rings is 1. The van der Waals surface area contributed by atoms with Crippen molar-refractivity contribution >= 4 is 11.8 Å². The third-order valence-electron chi connectivity index (χ3n) is 2.19. The largest absolute Gasteiger partial charge is 0.504 e. The zero-order valence-corrected chi connectivity index (χ0v) is 10.6. The van der Waals surface area contributed by atoms with Crippen LogP contribution in [0.2, 0.25) is 0 Å². The van der Waals surface area contributed by atoms with E-state index >= 15 is 0 Å². The molecule has 18 heavy (non-hydrogen) atoms. The van der Waals surface area contributed by atoms with Crippen molar-refractivity contribution in [3.8, 4) is 11.5 Å². The van der Waals surface area contributed by atoms with E-state index in [1.807, 2.05) is 0 Å². The Morgan fingerprint density at radius 2 is 2.22 bits per heavy atom. The number of methoxy groups -OCH3 is 1. The second-order valence-corrected chi connectivity index (χ2v) is 3.42. The minimum atomic E-state index is -0.609. The molecule has 0 fully saturated rings. The van der Waals surface area contributed by atoms with Crippen molar-refractivity contribution in [3.63, 3.8) is 0 Å². The molecule has 98 valence electrons. The molecular formula is C12H16N2O4. The molecular weight excluding hydrogens is 236 g/mol. The Kier molecular flexibility index (Phi) is 4.98. The van der Waals surface area contributed by atoms with Gasteiger partial charge >= 0.3 is 6.09 Å². The normalized spacial score (nSPS) is 10.9. The Bertz CT molecular complexity index is 457. The molecule has 1 aromatic carbocycles. The summed E-state index contributed by atoms with van der Waals surface area (Å²) in [6, 6.07) is 4.79. The molecule has 0 radical (unpaired) electrons. The Morgan fingerprint density at radius 3 is 2.83 bits per heavy atom. The molecule has 6 heteroatoms. The molecule has 0 aliphatic carbocycles. The molecule has 0 heterocycles. The average Bonchev–Trinajstić information content (AvgIpc) is 2.37. The quantitative estimate of drug-likeness (QED) is 0.633. The molecule has 0 atom stereocenters. The van der Waals surface area contributed by atoms with Gasteiger partial charge in [0.25, 0.3) is 0 Å². The molecule has 0 bridgehead atoms. The molecule has 1 amide bonds. The highest BCUT2D eigenvalue weighted by Gasteiger charge is 2.05. The highest BCUT2D eigenvalue weighted by atomic mass is 16.5. The maximum atomic E-state index is 11.1. The summed E-state index contributed by atoms with van der Waals surface area (Å²) in [5.41, 5.74) is 3.55. The molecule has 0 aliphatic rings. The van der Waals surface area contributed by atoms with E-state index in [4.69, 9.17) is 4.74 Å². The van der Waals surface area contributed by atoms with Crippen LogP contribution in [0.4, 0.5) is 4.79 Å². The smallest absolute Gasteiger partial charge is 0.427 e. The minimum Gasteiger partial charge on any atom is -0.504 e. The van der Waals surface area contributed by atoms with Gasteiger partial charge in [-0.2, -0.15) is 5.10 Å². The average molecular weight is 252 g/mol. The number of carbonyl (C=O) groups is 1. The second-order valence-electron chi connectivity index (χ2n) is 3.42. The lowest BCUT2D eigenvalue weighted by molar-refractivity contribution is 0.152. The molecule has 1 rings (SSSR count). The van der Waals surface area contributed by atoms with Gasteiger partial charge < -0.3 is 14.6 Å². The van der Waals surface area contributed by atoms with Gasteiger partial charge in [-0.25, -0.2) is 10.2 Å². The van der Waals surface area contributed by atoms with E-state index in [-0.39, 0.29) is 12.4 Å². The third kappa shape index (κ3) is 3.65. The Balaban J connectivity index is 2.80. The van der Waals surface area contributed by atoms with Crippen molar-refractivity contribution in [2.24, 2.45) is 5.10 Å². The summed E-state index contributed by atoms with van der Waals surface area (Å²) in [5, 5.41) is 13.3. The molecule has 0 spiro atoms. The summed E-state index contributed by atoms with van der Waals surface area (Å²) < 4.78 is 9.65. The van der Waals surface area contributed by atoms with Gasteiger partial charge in [-0.1, -0.05) is 0 Å². The maximum absolute atomic E-state index is 11.1.